The Kier molecular flexibility index (Phi) is 9.96. The maximum Gasteiger partial charge on any atom is 0.256 e. The molecule has 0 aliphatic carbocycles. The molecule has 2 fully saturated rings. The van der Waals surface area contributed by atoms with Crippen molar-refractivity contribution in [2.75, 3.05) is 63.1 Å². The molecule has 4 rings (SSSR count). The molecule has 1 N–H and O–H groups in total. The first kappa shape index (κ1) is 28.3. The summed E-state index contributed by atoms with van der Waals surface area (Å²) in [6.45, 7) is 8.37. The van der Waals surface area contributed by atoms with Crippen molar-refractivity contribution in [2.45, 2.75) is 32.2 Å². The van der Waals surface area contributed by atoms with Gasteiger partial charge < -0.3 is 24.8 Å². The summed E-state index contributed by atoms with van der Waals surface area (Å²) in [5.41, 5.74) is 1.27. The Hall–Kier alpha value is -2.72. The van der Waals surface area contributed by atoms with Crippen molar-refractivity contribution in [1.29, 1.82) is 0 Å². The third-order valence-electron chi connectivity index (χ3n) is 6.84. The Morgan fingerprint density at radius 2 is 1.84 bits per heavy atom. The van der Waals surface area contributed by atoms with Gasteiger partial charge in [-0.1, -0.05) is 24.6 Å². The smallest absolute Gasteiger partial charge is 0.256 e. The first-order valence-electron chi connectivity index (χ1n) is 13.2. The zero-order valence-corrected chi connectivity index (χ0v) is 23.6. The Balaban J connectivity index is 1.43. The number of piperazine rings is 1. The van der Waals surface area contributed by atoms with Crippen LogP contribution in [0.4, 0.5) is 11.4 Å². The van der Waals surface area contributed by atoms with Crippen molar-refractivity contribution in [3.63, 3.8) is 0 Å². The van der Waals surface area contributed by atoms with Gasteiger partial charge in [-0.25, -0.2) is 0 Å². The fourth-order valence-electron chi connectivity index (χ4n) is 4.72. The monoisotopic (exact) mass is 557 g/mol. The number of likely N-dealkylation sites (N-methyl/N-ethyl adjacent to an activating group) is 1. The molecule has 204 valence electrons. The molecule has 0 bridgehead atoms. The van der Waals surface area contributed by atoms with Crippen LogP contribution in [0, 0.1) is 0 Å². The van der Waals surface area contributed by atoms with E-state index in [0.717, 1.165) is 51.3 Å². The van der Waals surface area contributed by atoms with E-state index in [4.69, 9.17) is 28.6 Å². The molecule has 0 radical (unpaired) electrons. The van der Waals surface area contributed by atoms with Gasteiger partial charge >= 0.3 is 0 Å². The van der Waals surface area contributed by atoms with Gasteiger partial charge in [0.1, 0.15) is 11.8 Å². The molecular weight excluding hydrogens is 522 g/mol. The maximum absolute atomic E-state index is 13.6. The van der Waals surface area contributed by atoms with Crippen molar-refractivity contribution >= 4 is 52.1 Å². The Morgan fingerprint density at radius 3 is 2.53 bits per heavy atom. The van der Waals surface area contributed by atoms with Crippen molar-refractivity contribution in [2.24, 2.45) is 0 Å². The SMILES string of the molecule is CCCOc1ccc(NC(=O)C[C@@H]2C(=O)N(c3cccc(Cl)c3)C(=S)N2CCCN2CCN(C)CC2)cc1. The quantitative estimate of drug-likeness (QED) is 0.417. The van der Waals surface area contributed by atoms with Crippen molar-refractivity contribution < 1.29 is 14.3 Å². The van der Waals surface area contributed by atoms with Crippen molar-refractivity contribution in [3.05, 3.63) is 53.6 Å². The van der Waals surface area contributed by atoms with Crippen LogP contribution in [0.3, 0.4) is 0 Å². The zero-order valence-electron chi connectivity index (χ0n) is 22.1. The molecule has 1 atom stereocenters. The van der Waals surface area contributed by atoms with Crippen LogP contribution in [-0.2, 0) is 9.59 Å². The number of rotatable bonds is 11. The average Bonchev–Trinajstić information content (AvgIpc) is 3.13. The second kappa shape index (κ2) is 13.4. The summed E-state index contributed by atoms with van der Waals surface area (Å²) < 4.78 is 5.61. The number of carbonyl (C=O) groups excluding carboxylic acids is 2. The van der Waals surface area contributed by atoms with Gasteiger partial charge in [0.25, 0.3) is 5.91 Å². The van der Waals surface area contributed by atoms with E-state index in [1.165, 1.54) is 4.90 Å². The molecule has 0 aromatic heterocycles. The molecule has 2 aliphatic rings. The van der Waals surface area contributed by atoms with Crippen LogP contribution in [0.25, 0.3) is 0 Å². The van der Waals surface area contributed by atoms with Crippen molar-refractivity contribution in [3.8, 4) is 5.75 Å². The molecule has 2 aliphatic heterocycles. The lowest BCUT2D eigenvalue weighted by molar-refractivity contribution is -0.124. The highest BCUT2D eigenvalue weighted by Gasteiger charge is 2.44. The van der Waals surface area contributed by atoms with Crippen LogP contribution in [0.15, 0.2) is 48.5 Å². The lowest BCUT2D eigenvalue weighted by Gasteiger charge is -2.33. The summed E-state index contributed by atoms with van der Waals surface area (Å²) in [7, 11) is 2.14. The largest absolute Gasteiger partial charge is 0.494 e. The third-order valence-corrected chi connectivity index (χ3v) is 7.50. The summed E-state index contributed by atoms with van der Waals surface area (Å²) in [5, 5.41) is 3.84. The van der Waals surface area contributed by atoms with Gasteiger partial charge in [-0.15, -0.1) is 0 Å². The van der Waals surface area contributed by atoms with Gasteiger partial charge in [0, 0.05) is 43.4 Å². The molecule has 2 amide bonds. The first-order valence-corrected chi connectivity index (χ1v) is 14.0. The number of halogens is 1. The average molecular weight is 558 g/mol. The van der Waals surface area contributed by atoms with E-state index < -0.39 is 6.04 Å². The van der Waals surface area contributed by atoms with E-state index in [1.807, 2.05) is 30.0 Å². The molecular formula is C28H36ClN5O3S. The second-order valence-electron chi connectivity index (χ2n) is 9.77. The molecule has 0 spiro atoms. The van der Waals surface area contributed by atoms with Crippen LogP contribution < -0.4 is 15.0 Å². The van der Waals surface area contributed by atoms with Crippen LogP contribution >= 0.6 is 23.8 Å². The summed E-state index contributed by atoms with van der Waals surface area (Å²) >= 11 is 12.0. The standard InChI is InChI=1S/C28H36ClN5O3S/c1-3-18-37-24-10-8-22(9-11-24)30-26(35)20-25-27(36)34(23-7-4-6-21(29)19-23)28(38)33(25)13-5-12-32-16-14-31(2)15-17-32/h4,6-11,19,25H,3,5,12-18,20H2,1-2H3,(H,30,35)/t25-/m1/s1. The number of nitrogens with zero attached hydrogens (tertiary/aromatic N) is 4. The topological polar surface area (TPSA) is 68.4 Å². The lowest BCUT2D eigenvalue weighted by atomic mass is 10.1. The number of anilines is 2. The molecule has 0 unspecified atom stereocenters. The molecule has 0 saturated carbocycles. The minimum atomic E-state index is -0.680. The predicted molar refractivity (Wildman–Crippen MR) is 156 cm³/mol. The number of carbonyl (C=O) groups is 2. The number of ether oxygens (including phenoxy) is 1. The van der Waals surface area contributed by atoms with Gasteiger partial charge in [-0.2, -0.15) is 0 Å². The minimum Gasteiger partial charge on any atom is -0.494 e. The summed E-state index contributed by atoms with van der Waals surface area (Å²) in [6, 6.07) is 13.7. The Bertz CT molecular complexity index is 1120. The number of hydrogen-bond donors (Lipinski definition) is 1. The highest BCUT2D eigenvalue weighted by atomic mass is 35.5. The summed E-state index contributed by atoms with van der Waals surface area (Å²) in [6.07, 6.45) is 1.77. The zero-order chi connectivity index (χ0) is 27.1. The predicted octanol–water partition coefficient (Wildman–Crippen LogP) is 4.10. The fourth-order valence-corrected chi connectivity index (χ4v) is 5.32. The molecule has 2 heterocycles. The lowest BCUT2D eigenvalue weighted by Crippen LogP contribution is -2.45. The van der Waals surface area contributed by atoms with Gasteiger partial charge in [-0.3, -0.25) is 14.5 Å². The molecule has 38 heavy (non-hydrogen) atoms. The molecule has 10 heteroatoms. The van der Waals surface area contributed by atoms with Gasteiger partial charge in [0.15, 0.2) is 5.11 Å². The van der Waals surface area contributed by atoms with E-state index in [0.29, 0.717) is 34.7 Å². The normalized spacial score (nSPS) is 18.8. The van der Waals surface area contributed by atoms with Crippen molar-refractivity contribution in [1.82, 2.24) is 14.7 Å². The second-order valence-corrected chi connectivity index (χ2v) is 10.6. The van der Waals surface area contributed by atoms with Crippen LogP contribution in [0.5, 0.6) is 5.75 Å². The van der Waals surface area contributed by atoms with Gasteiger partial charge in [-0.05, 0) is 81.1 Å². The van der Waals surface area contributed by atoms with E-state index in [-0.39, 0.29) is 18.2 Å². The highest BCUT2D eigenvalue weighted by molar-refractivity contribution is 7.80. The Morgan fingerprint density at radius 1 is 1.11 bits per heavy atom. The third kappa shape index (κ3) is 7.22. The molecule has 8 nitrogen and oxygen atoms in total. The van der Waals surface area contributed by atoms with Crippen LogP contribution in [0.2, 0.25) is 5.02 Å². The fraction of sp³-hybridized carbons (Fsp3) is 0.464. The summed E-state index contributed by atoms with van der Waals surface area (Å²) in [4.78, 5) is 34.8. The van der Waals surface area contributed by atoms with Gasteiger partial charge in [0.05, 0.1) is 18.7 Å². The number of nitrogens with one attached hydrogen (secondary N) is 1. The van der Waals surface area contributed by atoms with E-state index in [9.17, 15) is 9.59 Å². The minimum absolute atomic E-state index is 0.00135. The maximum atomic E-state index is 13.6. The van der Waals surface area contributed by atoms with Crippen LogP contribution in [0.1, 0.15) is 26.2 Å². The molecule has 2 aromatic rings. The number of benzene rings is 2. The van der Waals surface area contributed by atoms with Crippen LogP contribution in [-0.4, -0.2) is 90.6 Å². The number of hydrogen-bond acceptors (Lipinski definition) is 6. The van der Waals surface area contributed by atoms with E-state index in [1.54, 1.807) is 30.3 Å². The van der Waals surface area contributed by atoms with Gasteiger partial charge in [0.2, 0.25) is 5.91 Å². The first-order chi connectivity index (χ1) is 18.4. The molecule has 2 aromatic carbocycles. The summed E-state index contributed by atoms with van der Waals surface area (Å²) in [5.74, 6) is 0.297. The Labute approximate surface area is 235 Å². The number of amides is 2. The highest BCUT2D eigenvalue weighted by Crippen LogP contribution is 2.29. The molecule has 2 saturated heterocycles. The number of thiocarbonyl (C=S) groups is 1. The van der Waals surface area contributed by atoms with E-state index >= 15 is 0 Å². The van der Waals surface area contributed by atoms with E-state index in [2.05, 4.69) is 22.2 Å².